The first-order chi connectivity index (χ1) is 12.1. The molecule has 0 N–H and O–H groups in total. The van der Waals surface area contributed by atoms with E-state index in [0.717, 1.165) is 11.6 Å². The van der Waals surface area contributed by atoms with E-state index in [9.17, 15) is 9.18 Å². The van der Waals surface area contributed by atoms with Crippen molar-refractivity contribution in [3.63, 3.8) is 0 Å². The van der Waals surface area contributed by atoms with Gasteiger partial charge in [0, 0.05) is 22.2 Å². The van der Waals surface area contributed by atoms with Gasteiger partial charge in [0.15, 0.2) is 12.4 Å². The highest BCUT2D eigenvalue weighted by atomic mass is 35.5. The van der Waals surface area contributed by atoms with Crippen LogP contribution in [0.15, 0.2) is 65.2 Å². The Morgan fingerprint density at radius 1 is 1.20 bits per heavy atom. The van der Waals surface area contributed by atoms with Gasteiger partial charge in [0.1, 0.15) is 5.82 Å². The number of halogens is 2. The summed E-state index contributed by atoms with van der Waals surface area (Å²) in [5, 5.41) is 0.624. The third-order valence-corrected chi connectivity index (χ3v) is 3.58. The molecule has 1 aromatic heterocycles. The number of hydrogen-bond acceptors (Lipinski definition) is 4. The average molecular weight is 358 g/mol. The van der Waals surface area contributed by atoms with Crippen LogP contribution in [-0.4, -0.2) is 11.0 Å². The summed E-state index contributed by atoms with van der Waals surface area (Å²) in [7, 11) is 0. The Kier molecular flexibility index (Phi) is 5.26. The van der Waals surface area contributed by atoms with Crippen LogP contribution in [-0.2, 0) is 16.1 Å². The first kappa shape index (κ1) is 16.9. The number of esters is 1. The molecular formula is C19H13ClFNO3. The fourth-order valence-electron chi connectivity index (χ4n) is 2.07. The minimum atomic E-state index is -0.616. The van der Waals surface area contributed by atoms with E-state index >= 15 is 0 Å². The van der Waals surface area contributed by atoms with Gasteiger partial charge < -0.3 is 9.15 Å². The molecule has 2 aromatic carbocycles. The van der Waals surface area contributed by atoms with Crippen LogP contribution in [0.4, 0.5) is 4.39 Å². The fraction of sp³-hybridized carbons (Fsp3) is 0.0526. The van der Waals surface area contributed by atoms with Crippen LogP contribution in [0.2, 0.25) is 5.02 Å². The minimum Gasteiger partial charge on any atom is -0.453 e. The predicted octanol–water partition coefficient (Wildman–Crippen LogP) is 4.89. The number of carbonyl (C=O) groups is 1. The Hall–Kier alpha value is -2.92. The predicted molar refractivity (Wildman–Crippen MR) is 92.2 cm³/mol. The zero-order valence-electron chi connectivity index (χ0n) is 13.0. The smallest absolute Gasteiger partial charge is 0.331 e. The Morgan fingerprint density at radius 3 is 2.72 bits per heavy atom. The highest BCUT2D eigenvalue weighted by Gasteiger charge is 2.08. The van der Waals surface area contributed by atoms with Gasteiger partial charge in [-0.05, 0) is 36.4 Å². The summed E-state index contributed by atoms with van der Waals surface area (Å²) in [4.78, 5) is 15.8. The molecule has 0 aliphatic carbocycles. The molecule has 0 fully saturated rings. The molecule has 6 heteroatoms. The van der Waals surface area contributed by atoms with Crippen molar-refractivity contribution >= 4 is 23.6 Å². The molecular weight excluding hydrogens is 345 g/mol. The molecule has 0 spiro atoms. The lowest BCUT2D eigenvalue weighted by Gasteiger charge is -1.99. The van der Waals surface area contributed by atoms with Crippen LogP contribution >= 0.6 is 11.6 Å². The highest BCUT2D eigenvalue weighted by Crippen LogP contribution is 2.22. The van der Waals surface area contributed by atoms with Crippen molar-refractivity contribution in [2.24, 2.45) is 0 Å². The van der Waals surface area contributed by atoms with Gasteiger partial charge in [-0.2, -0.15) is 0 Å². The molecule has 1 heterocycles. The first-order valence-corrected chi connectivity index (χ1v) is 7.79. The Labute approximate surface area is 148 Å². The van der Waals surface area contributed by atoms with E-state index in [4.69, 9.17) is 20.8 Å². The summed E-state index contributed by atoms with van der Waals surface area (Å²) >= 11 is 5.84. The van der Waals surface area contributed by atoms with Crippen LogP contribution in [0.25, 0.3) is 17.4 Å². The molecule has 0 atom stereocenters. The molecule has 0 saturated heterocycles. The molecule has 0 aliphatic rings. The van der Waals surface area contributed by atoms with Gasteiger partial charge in [0.25, 0.3) is 0 Å². The molecule has 0 amide bonds. The minimum absolute atomic E-state index is 0.117. The summed E-state index contributed by atoms with van der Waals surface area (Å²) in [6, 6.07) is 13.2. The van der Waals surface area contributed by atoms with Crippen molar-refractivity contribution in [3.05, 3.63) is 83.1 Å². The molecule has 0 aliphatic heterocycles. The van der Waals surface area contributed by atoms with Gasteiger partial charge >= 0.3 is 5.97 Å². The third kappa shape index (κ3) is 4.55. The monoisotopic (exact) mass is 357 g/mol. The molecule has 126 valence electrons. The lowest BCUT2D eigenvalue weighted by molar-refractivity contribution is -0.139. The Bertz CT molecular complexity index is 903. The summed E-state index contributed by atoms with van der Waals surface area (Å²) < 4.78 is 24.0. The Morgan fingerprint density at radius 2 is 1.96 bits per heavy atom. The van der Waals surface area contributed by atoms with Gasteiger partial charge in [-0.1, -0.05) is 29.8 Å². The number of benzene rings is 2. The summed E-state index contributed by atoms with van der Waals surface area (Å²) in [5.74, 6) is -0.219. The van der Waals surface area contributed by atoms with Gasteiger partial charge in [0.05, 0.1) is 6.20 Å². The maximum absolute atomic E-state index is 13.4. The Balaban J connectivity index is 1.58. The van der Waals surface area contributed by atoms with E-state index in [1.165, 1.54) is 12.1 Å². The highest BCUT2D eigenvalue weighted by molar-refractivity contribution is 6.30. The van der Waals surface area contributed by atoms with Crippen LogP contribution < -0.4 is 0 Å². The number of nitrogens with zero attached hydrogens (tertiary/aromatic N) is 1. The zero-order chi connectivity index (χ0) is 17.6. The van der Waals surface area contributed by atoms with Crippen molar-refractivity contribution in [1.29, 1.82) is 0 Å². The van der Waals surface area contributed by atoms with Crippen molar-refractivity contribution in [3.8, 4) is 11.3 Å². The van der Waals surface area contributed by atoms with Crippen molar-refractivity contribution in [2.45, 2.75) is 6.61 Å². The van der Waals surface area contributed by atoms with E-state index in [2.05, 4.69) is 4.98 Å². The summed E-state index contributed by atoms with van der Waals surface area (Å²) in [6.45, 7) is -0.117. The van der Waals surface area contributed by atoms with Crippen LogP contribution in [0.5, 0.6) is 0 Å². The second-order valence-corrected chi connectivity index (χ2v) is 5.52. The van der Waals surface area contributed by atoms with Gasteiger partial charge in [-0.3, -0.25) is 0 Å². The van der Waals surface area contributed by atoms with E-state index in [1.54, 1.807) is 48.7 Å². The van der Waals surface area contributed by atoms with E-state index < -0.39 is 11.8 Å². The number of rotatable bonds is 5. The normalized spacial score (nSPS) is 11.0. The van der Waals surface area contributed by atoms with Gasteiger partial charge in [-0.15, -0.1) is 0 Å². The van der Waals surface area contributed by atoms with E-state index in [1.807, 2.05) is 0 Å². The summed E-state index contributed by atoms with van der Waals surface area (Å²) in [6.07, 6.45) is 4.05. The number of carbonyl (C=O) groups excluding carboxylic acids is 1. The number of ether oxygens (including phenoxy) is 1. The van der Waals surface area contributed by atoms with Gasteiger partial charge in [0.2, 0.25) is 5.89 Å². The molecule has 3 aromatic rings. The number of aromatic nitrogens is 1. The number of oxazole rings is 1. The number of hydrogen-bond donors (Lipinski definition) is 0. The van der Waals surface area contributed by atoms with Crippen molar-refractivity contribution < 1.29 is 18.3 Å². The molecule has 25 heavy (non-hydrogen) atoms. The van der Waals surface area contributed by atoms with Crippen LogP contribution in [0.1, 0.15) is 11.5 Å². The quantitative estimate of drug-likeness (QED) is 0.482. The molecule has 0 radical (unpaired) electrons. The maximum Gasteiger partial charge on any atom is 0.331 e. The maximum atomic E-state index is 13.4. The molecule has 3 rings (SSSR count). The third-order valence-electron chi connectivity index (χ3n) is 3.32. The van der Waals surface area contributed by atoms with E-state index in [-0.39, 0.29) is 12.5 Å². The summed E-state index contributed by atoms with van der Waals surface area (Å²) in [5.41, 5.74) is 1.12. The standard InChI is InChI=1S/C19H13ClFNO3/c20-15-8-5-14(6-9-15)17-11-22-18(25-17)12-24-19(23)10-7-13-3-1-2-4-16(13)21/h1-11H,12H2/b10-7+. The topological polar surface area (TPSA) is 52.3 Å². The van der Waals surface area contributed by atoms with Gasteiger partial charge in [-0.25, -0.2) is 14.2 Å². The second-order valence-electron chi connectivity index (χ2n) is 5.09. The van der Waals surface area contributed by atoms with E-state index in [0.29, 0.717) is 16.3 Å². The first-order valence-electron chi connectivity index (χ1n) is 7.42. The zero-order valence-corrected chi connectivity index (χ0v) is 13.7. The molecule has 0 unspecified atom stereocenters. The lowest BCUT2D eigenvalue weighted by atomic mass is 10.2. The van der Waals surface area contributed by atoms with Crippen LogP contribution in [0.3, 0.4) is 0 Å². The second kappa shape index (κ2) is 7.77. The SMILES string of the molecule is O=C(/C=C/c1ccccc1F)OCc1ncc(-c2ccc(Cl)cc2)o1. The molecule has 4 nitrogen and oxygen atoms in total. The average Bonchev–Trinajstić information content (AvgIpc) is 3.09. The molecule has 0 saturated carbocycles. The van der Waals surface area contributed by atoms with Crippen molar-refractivity contribution in [2.75, 3.05) is 0 Å². The fourth-order valence-corrected chi connectivity index (χ4v) is 2.20. The van der Waals surface area contributed by atoms with Crippen LogP contribution in [0, 0.1) is 5.82 Å². The lowest BCUT2D eigenvalue weighted by Crippen LogP contribution is -2.00. The largest absolute Gasteiger partial charge is 0.453 e. The van der Waals surface area contributed by atoms with Crippen molar-refractivity contribution in [1.82, 2.24) is 4.98 Å². The molecule has 0 bridgehead atoms.